The molecule has 116 valence electrons. The minimum absolute atomic E-state index is 0.0775. The molecule has 0 atom stereocenters. The van der Waals surface area contributed by atoms with Gasteiger partial charge in [0.05, 0.1) is 5.56 Å². The SMILES string of the molecule is C=Cc1ccc(-c2cc(C=O)c(CC(C)(C)C)o2)cc1CC. The molecular formula is C20H24O2. The smallest absolute Gasteiger partial charge is 0.153 e. The van der Waals surface area contributed by atoms with Gasteiger partial charge in [0.1, 0.15) is 11.5 Å². The van der Waals surface area contributed by atoms with Crippen LogP contribution < -0.4 is 0 Å². The fourth-order valence-corrected chi connectivity index (χ4v) is 2.57. The van der Waals surface area contributed by atoms with Crippen molar-refractivity contribution in [1.82, 2.24) is 0 Å². The van der Waals surface area contributed by atoms with Gasteiger partial charge in [-0.3, -0.25) is 4.79 Å². The lowest BCUT2D eigenvalue weighted by Gasteiger charge is -2.16. The van der Waals surface area contributed by atoms with Gasteiger partial charge >= 0.3 is 0 Å². The average molecular weight is 296 g/mol. The first kappa shape index (κ1) is 16.3. The molecule has 0 radical (unpaired) electrons. The Bertz CT molecular complexity index is 684. The maximum absolute atomic E-state index is 11.3. The van der Waals surface area contributed by atoms with Crippen LogP contribution in [0.25, 0.3) is 17.4 Å². The first-order valence-electron chi connectivity index (χ1n) is 7.71. The third-order valence-corrected chi connectivity index (χ3v) is 3.69. The van der Waals surface area contributed by atoms with Gasteiger partial charge in [-0.1, -0.05) is 52.5 Å². The number of aldehydes is 1. The highest BCUT2D eigenvalue weighted by Crippen LogP contribution is 2.31. The van der Waals surface area contributed by atoms with Gasteiger partial charge in [-0.25, -0.2) is 0 Å². The second-order valence-electron chi connectivity index (χ2n) is 6.82. The molecule has 0 aliphatic carbocycles. The highest BCUT2D eigenvalue weighted by Gasteiger charge is 2.19. The van der Waals surface area contributed by atoms with Gasteiger partial charge < -0.3 is 4.42 Å². The number of rotatable bonds is 5. The van der Waals surface area contributed by atoms with Crippen LogP contribution in [-0.2, 0) is 12.8 Å². The van der Waals surface area contributed by atoms with Gasteiger partial charge in [0.25, 0.3) is 0 Å². The third-order valence-electron chi connectivity index (χ3n) is 3.69. The lowest BCUT2D eigenvalue weighted by Crippen LogP contribution is -2.09. The molecule has 0 saturated heterocycles. The normalized spacial score (nSPS) is 11.5. The van der Waals surface area contributed by atoms with Crippen LogP contribution in [0.5, 0.6) is 0 Å². The predicted molar refractivity (Wildman–Crippen MR) is 92.2 cm³/mol. The van der Waals surface area contributed by atoms with E-state index in [1.54, 1.807) is 0 Å². The van der Waals surface area contributed by atoms with Crippen molar-refractivity contribution in [2.45, 2.75) is 40.5 Å². The molecule has 0 saturated carbocycles. The summed E-state index contributed by atoms with van der Waals surface area (Å²) in [6, 6.07) is 8.03. The van der Waals surface area contributed by atoms with E-state index in [1.807, 2.05) is 24.3 Å². The van der Waals surface area contributed by atoms with Crippen molar-refractivity contribution in [3.63, 3.8) is 0 Å². The summed E-state index contributed by atoms with van der Waals surface area (Å²) in [6.45, 7) is 12.4. The van der Waals surface area contributed by atoms with E-state index < -0.39 is 0 Å². The predicted octanol–water partition coefficient (Wildman–Crippen LogP) is 5.55. The third kappa shape index (κ3) is 3.56. The molecule has 2 nitrogen and oxygen atoms in total. The minimum Gasteiger partial charge on any atom is -0.460 e. The summed E-state index contributed by atoms with van der Waals surface area (Å²) in [4.78, 5) is 11.3. The van der Waals surface area contributed by atoms with E-state index in [0.717, 1.165) is 41.8 Å². The second kappa shape index (κ2) is 6.35. The zero-order valence-corrected chi connectivity index (χ0v) is 13.9. The van der Waals surface area contributed by atoms with Crippen molar-refractivity contribution in [3.8, 4) is 11.3 Å². The van der Waals surface area contributed by atoms with Crippen LogP contribution in [0.1, 0.15) is 54.9 Å². The monoisotopic (exact) mass is 296 g/mol. The van der Waals surface area contributed by atoms with Crippen LogP contribution in [-0.4, -0.2) is 6.29 Å². The van der Waals surface area contributed by atoms with E-state index in [1.165, 1.54) is 5.56 Å². The fourth-order valence-electron chi connectivity index (χ4n) is 2.57. The van der Waals surface area contributed by atoms with Crippen molar-refractivity contribution >= 4 is 12.4 Å². The molecule has 0 unspecified atom stereocenters. The van der Waals surface area contributed by atoms with E-state index in [-0.39, 0.29) is 5.41 Å². The van der Waals surface area contributed by atoms with Gasteiger partial charge in [-0.05, 0) is 35.1 Å². The Morgan fingerprint density at radius 1 is 1.18 bits per heavy atom. The first-order chi connectivity index (χ1) is 10.4. The Hall–Kier alpha value is -2.09. The van der Waals surface area contributed by atoms with Crippen LogP contribution in [0.15, 0.2) is 35.3 Å². The van der Waals surface area contributed by atoms with Crippen LogP contribution in [0.4, 0.5) is 0 Å². The molecule has 2 heteroatoms. The maximum Gasteiger partial charge on any atom is 0.153 e. The van der Waals surface area contributed by atoms with E-state index in [9.17, 15) is 4.79 Å². The number of furan rings is 1. The minimum atomic E-state index is 0.0775. The first-order valence-corrected chi connectivity index (χ1v) is 7.71. The zero-order valence-electron chi connectivity index (χ0n) is 13.9. The summed E-state index contributed by atoms with van der Waals surface area (Å²) >= 11 is 0. The topological polar surface area (TPSA) is 30.2 Å². The number of carbonyl (C=O) groups is 1. The summed E-state index contributed by atoms with van der Waals surface area (Å²) in [5.74, 6) is 1.52. The Morgan fingerprint density at radius 2 is 1.91 bits per heavy atom. The largest absolute Gasteiger partial charge is 0.460 e. The summed E-state index contributed by atoms with van der Waals surface area (Å²) in [7, 11) is 0. The Labute approximate surface area is 132 Å². The fraction of sp³-hybridized carbons (Fsp3) is 0.350. The molecule has 2 rings (SSSR count). The Balaban J connectivity index is 2.45. The number of carbonyl (C=O) groups excluding carboxylic acids is 1. The molecule has 0 aliphatic heterocycles. The summed E-state index contributed by atoms with van der Waals surface area (Å²) < 4.78 is 5.98. The molecular weight excluding hydrogens is 272 g/mol. The van der Waals surface area contributed by atoms with Crippen molar-refractivity contribution in [3.05, 3.63) is 53.3 Å². The molecule has 1 heterocycles. The van der Waals surface area contributed by atoms with Crippen molar-refractivity contribution in [2.24, 2.45) is 5.41 Å². The van der Waals surface area contributed by atoms with Crippen LogP contribution in [0, 0.1) is 5.41 Å². The van der Waals surface area contributed by atoms with E-state index in [4.69, 9.17) is 4.42 Å². The molecule has 0 N–H and O–H groups in total. The number of aryl methyl sites for hydroxylation is 1. The number of benzene rings is 1. The molecule has 1 aromatic carbocycles. The van der Waals surface area contributed by atoms with Crippen LogP contribution in [0.2, 0.25) is 0 Å². The quantitative estimate of drug-likeness (QED) is 0.677. The van der Waals surface area contributed by atoms with E-state index in [2.05, 4.69) is 40.3 Å². The van der Waals surface area contributed by atoms with Gasteiger partial charge in [-0.15, -0.1) is 0 Å². The average Bonchev–Trinajstić information content (AvgIpc) is 2.87. The van der Waals surface area contributed by atoms with Gasteiger partial charge in [0.2, 0.25) is 0 Å². The molecule has 0 fully saturated rings. The van der Waals surface area contributed by atoms with E-state index in [0.29, 0.717) is 5.56 Å². The van der Waals surface area contributed by atoms with Crippen molar-refractivity contribution in [1.29, 1.82) is 0 Å². The van der Waals surface area contributed by atoms with Crippen LogP contribution >= 0.6 is 0 Å². The molecule has 0 aliphatic rings. The Kier molecular flexibility index (Phi) is 4.70. The lowest BCUT2D eigenvalue weighted by molar-refractivity contribution is 0.112. The van der Waals surface area contributed by atoms with Gasteiger partial charge in [0, 0.05) is 12.0 Å². The lowest BCUT2D eigenvalue weighted by atomic mass is 9.90. The molecule has 0 bridgehead atoms. The highest BCUT2D eigenvalue weighted by molar-refractivity contribution is 5.79. The van der Waals surface area contributed by atoms with Crippen LogP contribution in [0.3, 0.4) is 0 Å². The molecule has 0 amide bonds. The molecule has 2 aromatic rings. The summed E-state index contributed by atoms with van der Waals surface area (Å²) in [5, 5.41) is 0. The maximum atomic E-state index is 11.3. The number of hydrogen-bond acceptors (Lipinski definition) is 2. The zero-order chi connectivity index (χ0) is 16.3. The molecule has 1 aromatic heterocycles. The van der Waals surface area contributed by atoms with Gasteiger partial charge in [0.15, 0.2) is 6.29 Å². The molecule has 0 spiro atoms. The number of hydrogen-bond donors (Lipinski definition) is 0. The molecule has 22 heavy (non-hydrogen) atoms. The van der Waals surface area contributed by atoms with Crippen molar-refractivity contribution < 1.29 is 9.21 Å². The van der Waals surface area contributed by atoms with Crippen molar-refractivity contribution in [2.75, 3.05) is 0 Å². The standard InChI is InChI=1S/C20H24O2/c1-6-14-8-9-16(10-15(14)7-2)18-11-17(13-21)19(22-18)12-20(3,4)5/h6,8-11,13H,1,7,12H2,2-5H3. The Morgan fingerprint density at radius 3 is 2.45 bits per heavy atom. The second-order valence-corrected chi connectivity index (χ2v) is 6.82. The highest BCUT2D eigenvalue weighted by atomic mass is 16.3. The summed E-state index contributed by atoms with van der Waals surface area (Å²) in [6.07, 6.45) is 4.43. The van der Waals surface area contributed by atoms with E-state index >= 15 is 0 Å². The summed E-state index contributed by atoms with van der Waals surface area (Å²) in [5.41, 5.74) is 4.10. The van der Waals surface area contributed by atoms with Gasteiger partial charge in [-0.2, -0.15) is 0 Å².